The van der Waals surface area contributed by atoms with Crippen molar-refractivity contribution in [1.29, 1.82) is 0 Å². The lowest BCUT2D eigenvalue weighted by molar-refractivity contribution is -0.612. The van der Waals surface area contributed by atoms with Gasteiger partial charge in [0.15, 0.2) is 6.20 Å². The Labute approximate surface area is 200 Å². The lowest BCUT2D eigenvalue weighted by atomic mass is 9.90. The van der Waals surface area contributed by atoms with Crippen LogP contribution < -0.4 is 14.8 Å². The number of hydrogen-bond donors (Lipinski definition) is 2. The van der Waals surface area contributed by atoms with E-state index in [0.29, 0.717) is 16.8 Å². The first-order valence-corrected chi connectivity index (χ1v) is 11.7. The second-order valence-corrected chi connectivity index (χ2v) is 8.76. The van der Waals surface area contributed by atoms with Gasteiger partial charge in [0, 0.05) is 18.5 Å². The van der Waals surface area contributed by atoms with Crippen LogP contribution in [0.25, 0.3) is 0 Å². The maximum atomic E-state index is 13.7. The van der Waals surface area contributed by atoms with Crippen molar-refractivity contribution in [3.05, 3.63) is 101 Å². The summed E-state index contributed by atoms with van der Waals surface area (Å²) in [6.45, 7) is 1.34. The van der Waals surface area contributed by atoms with E-state index in [1.54, 1.807) is 11.0 Å². The average molecular weight is 464 g/mol. The van der Waals surface area contributed by atoms with Crippen LogP contribution in [0.5, 0.6) is 5.88 Å². The molecule has 0 spiro atoms. The van der Waals surface area contributed by atoms with Gasteiger partial charge >= 0.3 is 5.88 Å². The van der Waals surface area contributed by atoms with Crippen LogP contribution in [-0.4, -0.2) is 42.4 Å². The summed E-state index contributed by atoms with van der Waals surface area (Å²) in [6.07, 6.45) is 3.27. The van der Waals surface area contributed by atoms with Gasteiger partial charge in [-0.25, -0.2) is 0 Å². The fourth-order valence-corrected chi connectivity index (χ4v) is 4.84. The molecule has 1 aromatic heterocycles. The summed E-state index contributed by atoms with van der Waals surface area (Å²) < 4.78 is 5.63. The van der Waals surface area contributed by atoms with Crippen molar-refractivity contribution in [2.75, 3.05) is 20.2 Å². The molecule has 0 radical (unpaired) electrons. The zero-order chi connectivity index (χ0) is 23.2. The first-order valence-electron chi connectivity index (χ1n) is 11.2. The molecular weight excluding hydrogens is 434 g/mol. The van der Waals surface area contributed by atoms with E-state index in [9.17, 15) is 10.0 Å². The number of aromatic nitrogens is 1. The smallest absolute Gasteiger partial charge is 0.379 e. The molecule has 1 amide bonds. The number of thiol groups is 1. The monoisotopic (exact) mass is 463 g/mol. The number of methoxy groups -OCH3 is 1. The van der Waals surface area contributed by atoms with Crippen LogP contribution in [-0.2, 0) is 0 Å². The second-order valence-electron chi connectivity index (χ2n) is 8.23. The molecule has 33 heavy (non-hydrogen) atoms. The Balaban J connectivity index is 1.71. The molecule has 3 aromatic rings. The molecule has 2 atom stereocenters. The van der Waals surface area contributed by atoms with Crippen LogP contribution in [0.2, 0.25) is 0 Å². The Kier molecular flexibility index (Phi) is 7.52. The van der Waals surface area contributed by atoms with Gasteiger partial charge in [-0.1, -0.05) is 60.7 Å². The summed E-state index contributed by atoms with van der Waals surface area (Å²) in [5.41, 5.74) is 2.55. The molecule has 0 aliphatic carbocycles. The summed E-state index contributed by atoms with van der Waals surface area (Å²) in [4.78, 5) is 15.5. The predicted molar refractivity (Wildman–Crippen MR) is 132 cm³/mol. The minimum absolute atomic E-state index is 0.0370. The third-order valence-corrected chi connectivity index (χ3v) is 6.80. The normalized spacial score (nSPS) is 16.5. The lowest BCUT2D eigenvalue weighted by Crippen LogP contribution is -2.49. The minimum Gasteiger partial charge on any atom is -0.616 e. The van der Waals surface area contributed by atoms with Crippen molar-refractivity contribution >= 4 is 18.5 Å². The van der Waals surface area contributed by atoms with Gasteiger partial charge < -0.3 is 20.2 Å². The van der Waals surface area contributed by atoms with Gasteiger partial charge in [0.25, 0.3) is 5.91 Å². The van der Waals surface area contributed by atoms with Gasteiger partial charge in [0.05, 0.1) is 18.6 Å². The zero-order valence-electron chi connectivity index (χ0n) is 18.6. The number of rotatable bonds is 8. The largest absolute Gasteiger partial charge is 0.616 e. The second kappa shape index (κ2) is 10.7. The fraction of sp³-hybridized carbons (Fsp3) is 0.308. The van der Waals surface area contributed by atoms with Gasteiger partial charge in [-0.05, 0) is 36.6 Å². The van der Waals surface area contributed by atoms with E-state index >= 15 is 0 Å². The van der Waals surface area contributed by atoms with Crippen LogP contribution in [0.3, 0.4) is 0 Å². The van der Waals surface area contributed by atoms with Crippen molar-refractivity contribution in [3.8, 4) is 5.88 Å². The highest BCUT2D eigenvalue weighted by Crippen LogP contribution is 2.29. The number of hydrogen-bond acceptors (Lipinski definition) is 5. The Hall–Kier alpha value is -3.03. The average Bonchev–Trinajstić information content (AvgIpc) is 3.40. The molecule has 6 nitrogen and oxygen atoms in total. The molecular formula is C26H29N3O3S. The summed E-state index contributed by atoms with van der Waals surface area (Å²) in [7, 11) is 1.43. The molecule has 1 fully saturated rings. The van der Waals surface area contributed by atoms with E-state index < -0.39 is 0 Å². The van der Waals surface area contributed by atoms with E-state index in [2.05, 4.69) is 29.6 Å². The minimum atomic E-state index is -0.336. The Bertz CT molecular complexity index is 1020. The Morgan fingerprint density at radius 2 is 1.76 bits per heavy atom. The molecule has 2 aromatic carbocycles. The molecule has 0 bridgehead atoms. The van der Waals surface area contributed by atoms with Gasteiger partial charge in [0.2, 0.25) is 0 Å². The van der Waals surface area contributed by atoms with Crippen LogP contribution in [0, 0.1) is 5.21 Å². The lowest BCUT2D eigenvalue weighted by Gasteiger charge is -2.35. The van der Waals surface area contributed by atoms with Crippen LogP contribution >= 0.6 is 12.6 Å². The van der Waals surface area contributed by atoms with Crippen molar-refractivity contribution < 1.29 is 14.3 Å². The molecule has 1 saturated heterocycles. The number of benzene rings is 2. The molecule has 1 aliphatic heterocycles. The van der Waals surface area contributed by atoms with Gasteiger partial charge in [0.1, 0.15) is 5.56 Å². The van der Waals surface area contributed by atoms with Crippen molar-refractivity contribution in [2.45, 2.75) is 30.2 Å². The van der Waals surface area contributed by atoms with Gasteiger partial charge in [-0.3, -0.25) is 4.79 Å². The third kappa shape index (κ3) is 5.31. The van der Waals surface area contributed by atoms with Crippen molar-refractivity contribution in [2.24, 2.45) is 0 Å². The highest BCUT2D eigenvalue weighted by molar-refractivity contribution is 7.81. The molecule has 0 saturated carbocycles. The maximum absolute atomic E-state index is 13.7. The molecule has 4 rings (SSSR count). The van der Waals surface area contributed by atoms with Crippen LogP contribution in [0.4, 0.5) is 0 Å². The summed E-state index contributed by atoms with van der Waals surface area (Å²) in [5.74, 6) is -0.123. The standard InChI is InChI=1S/C26H29N3O3S/c1-32-24-15-14-21(17-29(24)31)25(30)28(26(33)23-13-8-16-27-23)18-22(19-9-4-2-5-10-19)20-11-6-3-7-12-20/h2-7,9-12,14-15,17,22-23,26-27,33H,8,13,16,18H2,1H3/t23-,26?/m0/s1. The van der Waals surface area contributed by atoms with E-state index in [1.165, 1.54) is 19.4 Å². The first-order chi connectivity index (χ1) is 16.1. The summed E-state index contributed by atoms with van der Waals surface area (Å²) >= 11 is 4.91. The van der Waals surface area contributed by atoms with E-state index in [1.807, 2.05) is 36.4 Å². The highest BCUT2D eigenvalue weighted by Gasteiger charge is 2.33. The quantitative estimate of drug-likeness (QED) is 0.232. The number of nitrogens with one attached hydrogen (secondary N) is 1. The number of ether oxygens (including phenoxy) is 1. The zero-order valence-corrected chi connectivity index (χ0v) is 19.5. The number of pyridine rings is 1. The molecule has 1 N–H and O–H groups in total. The fourth-order valence-electron chi connectivity index (χ4n) is 4.38. The van der Waals surface area contributed by atoms with Crippen molar-refractivity contribution in [1.82, 2.24) is 10.2 Å². The van der Waals surface area contributed by atoms with Crippen molar-refractivity contribution in [3.63, 3.8) is 0 Å². The number of amides is 1. The molecule has 2 heterocycles. The van der Waals surface area contributed by atoms with Crippen LogP contribution in [0.1, 0.15) is 40.2 Å². The van der Waals surface area contributed by atoms with Crippen LogP contribution in [0.15, 0.2) is 79.0 Å². The number of carbonyl (C=O) groups excluding carboxylic acids is 1. The van der Waals surface area contributed by atoms with E-state index in [4.69, 9.17) is 17.4 Å². The molecule has 1 aliphatic rings. The summed E-state index contributed by atoms with van der Waals surface area (Å²) in [5, 5.41) is 15.4. The molecule has 172 valence electrons. The number of nitrogens with zero attached hydrogens (tertiary/aromatic N) is 2. The Morgan fingerprint density at radius 1 is 1.12 bits per heavy atom. The summed E-state index contributed by atoms with van der Waals surface area (Å²) in [6, 6.07) is 23.6. The SMILES string of the molecule is COc1ccc(C(=O)N(CC(c2ccccc2)c2ccccc2)C(S)[C@@H]2CCCN2)c[n+]1[O-]. The number of carbonyl (C=O) groups is 1. The first kappa shape index (κ1) is 23.1. The van der Waals surface area contributed by atoms with Gasteiger partial charge in [-0.2, -0.15) is 12.6 Å². The predicted octanol–water partition coefficient (Wildman–Crippen LogP) is 3.61. The topological polar surface area (TPSA) is 68.5 Å². The highest BCUT2D eigenvalue weighted by atomic mass is 32.1. The maximum Gasteiger partial charge on any atom is 0.379 e. The van der Waals surface area contributed by atoms with E-state index in [-0.39, 0.29) is 29.1 Å². The molecule has 7 heteroatoms. The third-order valence-electron chi connectivity index (χ3n) is 6.16. The van der Waals surface area contributed by atoms with Gasteiger partial charge in [-0.15, -0.1) is 4.73 Å². The van der Waals surface area contributed by atoms with E-state index in [0.717, 1.165) is 30.5 Å². The molecule has 1 unspecified atom stereocenters. The Morgan fingerprint density at radius 3 is 2.27 bits per heavy atom.